The number of rotatable bonds is 6. The van der Waals surface area contributed by atoms with Crippen LogP contribution in [0.5, 0.6) is 0 Å². The molecule has 0 aromatic heterocycles. The van der Waals surface area contributed by atoms with Gasteiger partial charge in [-0.05, 0) is 31.5 Å². The van der Waals surface area contributed by atoms with Crippen molar-refractivity contribution in [2.75, 3.05) is 32.1 Å². The number of anilines is 1. The highest BCUT2D eigenvalue weighted by atomic mass is 19.4. The summed E-state index contributed by atoms with van der Waals surface area (Å²) in [4.78, 5) is 13.6. The van der Waals surface area contributed by atoms with Crippen LogP contribution in [-0.4, -0.2) is 42.7 Å². The van der Waals surface area contributed by atoms with Crippen LogP contribution in [0.25, 0.3) is 0 Å². The molecule has 1 aromatic carbocycles. The van der Waals surface area contributed by atoms with Gasteiger partial charge in [0.25, 0.3) is 5.91 Å². The zero-order valence-electron chi connectivity index (χ0n) is 12.0. The molecule has 0 aliphatic heterocycles. The Morgan fingerprint density at radius 1 is 1.38 bits per heavy atom. The topological polar surface area (TPSA) is 52.6 Å². The molecule has 0 fully saturated rings. The Morgan fingerprint density at radius 3 is 2.52 bits per heavy atom. The minimum atomic E-state index is -4.53. The number of hydrogen-bond donors (Lipinski definition) is 2. The smallest absolute Gasteiger partial charge is 0.396 e. The zero-order valence-corrected chi connectivity index (χ0v) is 12.0. The summed E-state index contributed by atoms with van der Waals surface area (Å²) >= 11 is 0. The number of hydrogen-bond acceptors (Lipinski definition) is 3. The van der Waals surface area contributed by atoms with Crippen molar-refractivity contribution in [3.05, 3.63) is 29.3 Å². The Balaban J connectivity index is 3.10. The predicted molar refractivity (Wildman–Crippen MR) is 74.3 cm³/mol. The van der Waals surface area contributed by atoms with E-state index in [1.807, 2.05) is 0 Å². The zero-order chi connectivity index (χ0) is 16.0. The lowest BCUT2D eigenvalue weighted by atomic mass is 10.1. The second-order valence-corrected chi connectivity index (χ2v) is 4.47. The third-order valence-corrected chi connectivity index (χ3v) is 3.10. The van der Waals surface area contributed by atoms with Gasteiger partial charge in [0.1, 0.15) is 0 Å². The number of nitrogens with one attached hydrogen (secondary N) is 1. The van der Waals surface area contributed by atoms with Crippen LogP contribution in [0.4, 0.5) is 18.9 Å². The molecule has 0 bridgehead atoms. The maximum atomic E-state index is 13.0. The van der Waals surface area contributed by atoms with Crippen LogP contribution in [-0.2, 0) is 6.18 Å². The highest BCUT2D eigenvalue weighted by Crippen LogP contribution is 2.35. The number of carbonyl (C=O) groups excluding carboxylic acids is 1. The molecule has 4 nitrogen and oxygen atoms in total. The van der Waals surface area contributed by atoms with Crippen molar-refractivity contribution in [3.8, 4) is 0 Å². The number of benzene rings is 1. The van der Waals surface area contributed by atoms with Gasteiger partial charge in [-0.15, -0.1) is 0 Å². The number of aliphatic hydroxyl groups is 1. The van der Waals surface area contributed by atoms with E-state index in [9.17, 15) is 18.0 Å². The maximum Gasteiger partial charge on any atom is 0.418 e. The van der Waals surface area contributed by atoms with Crippen molar-refractivity contribution in [2.45, 2.75) is 19.5 Å². The molecule has 7 heteroatoms. The van der Waals surface area contributed by atoms with Gasteiger partial charge in [0.15, 0.2) is 0 Å². The fourth-order valence-corrected chi connectivity index (χ4v) is 1.98. The van der Waals surface area contributed by atoms with E-state index in [1.165, 1.54) is 24.1 Å². The summed E-state index contributed by atoms with van der Waals surface area (Å²) < 4.78 is 38.9. The summed E-state index contributed by atoms with van der Waals surface area (Å²) in [6.45, 7) is 2.34. The van der Waals surface area contributed by atoms with Crippen LogP contribution in [0.3, 0.4) is 0 Å². The predicted octanol–water partition coefficient (Wildman–Crippen LogP) is 2.59. The lowest BCUT2D eigenvalue weighted by Gasteiger charge is -2.21. The van der Waals surface area contributed by atoms with Gasteiger partial charge in [-0.2, -0.15) is 13.2 Å². The first-order valence-electron chi connectivity index (χ1n) is 6.64. The van der Waals surface area contributed by atoms with Gasteiger partial charge < -0.3 is 15.3 Å². The van der Waals surface area contributed by atoms with Gasteiger partial charge in [0.05, 0.1) is 5.56 Å². The van der Waals surface area contributed by atoms with Gasteiger partial charge in [0.2, 0.25) is 0 Å². The van der Waals surface area contributed by atoms with Crippen molar-refractivity contribution in [1.29, 1.82) is 0 Å². The Bertz CT molecular complexity index is 490. The van der Waals surface area contributed by atoms with E-state index in [0.29, 0.717) is 19.5 Å². The normalized spacial score (nSPS) is 11.3. The van der Waals surface area contributed by atoms with E-state index < -0.39 is 17.6 Å². The van der Waals surface area contributed by atoms with E-state index in [-0.39, 0.29) is 17.9 Å². The first-order chi connectivity index (χ1) is 9.85. The fourth-order valence-electron chi connectivity index (χ4n) is 1.98. The largest absolute Gasteiger partial charge is 0.418 e. The molecule has 21 heavy (non-hydrogen) atoms. The van der Waals surface area contributed by atoms with E-state index >= 15 is 0 Å². The standard InChI is InChI=1S/C14H19F3N2O2/c1-3-19(7-4-8-20)13(21)10-5-6-12(18-2)11(9-10)14(15,16)17/h5-6,9,18,20H,3-4,7-8H2,1-2H3. The molecule has 0 atom stereocenters. The van der Waals surface area contributed by atoms with Crippen molar-refractivity contribution in [1.82, 2.24) is 4.90 Å². The molecule has 0 radical (unpaired) electrons. The van der Waals surface area contributed by atoms with Gasteiger partial charge in [-0.1, -0.05) is 0 Å². The molecule has 0 saturated carbocycles. The minimum absolute atomic E-state index is 0.0129. The molecule has 0 aliphatic carbocycles. The lowest BCUT2D eigenvalue weighted by molar-refractivity contribution is -0.136. The van der Waals surface area contributed by atoms with Crippen LogP contribution in [0.1, 0.15) is 29.3 Å². The summed E-state index contributed by atoms with van der Waals surface area (Å²) in [6.07, 6.45) is -4.14. The van der Waals surface area contributed by atoms with Gasteiger partial charge in [0, 0.05) is 38.0 Å². The fraction of sp³-hybridized carbons (Fsp3) is 0.500. The van der Waals surface area contributed by atoms with E-state index in [0.717, 1.165) is 6.07 Å². The molecule has 1 rings (SSSR count). The average molecular weight is 304 g/mol. The van der Waals surface area contributed by atoms with E-state index in [1.54, 1.807) is 6.92 Å². The van der Waals surface area contributed by atoms with Crippen LogP contribution in [0, 0.1) is 0 Å². The minimum Gasteiger partial charge on any atom is -0.396 e. The van der Waals surface area contributed by atoms with Crippen molar-refractivity contribution >= 4 is 11.6 Å². The number of alkyl halides is 3. The molecule has 1 amide bonds. The molecule has 0 spiro atoms. The molecule has 1 aromatic rings. The van der Waals surface area contributed by atoms with Crippen molar-refractivity contribution in [2.24, 2.45) is 0 Å². The highest BCUT2D eigenvalue weighted by molar-refractivity contribution is 5.95. The lowest BCUT2D eigenvalue weighted by Crippen LogP contribution is -2.32. The Labute approximate surface area is 121 Å². The molecule has 0 heterocycles. The molecule has 118 valence electrons. The third-order valence-electron chi connectivity index (χ3n) is 3.10. The summed E-state index contributed by atoms with van der Waals surface area (Å²) in [7, 11) is 1.39. The van der Waals surface area contributed by atoms with E-state index in [2.05, 4.69) is 5.32 Å². The van der Waals surface area contributed by atoms with Crippen molar-refractivity contribution < 1.29 is 23.1 Å². The van der Waals surface area contributed by atoms with E-state index in [4.69, 9.17) is 5.11 Å². The van der Waals surface area contributed by atoms with Crippen LogP contribution in [0.15, 0.2) is 18.2 Å². The number of carbonyl (C=O) groups is 1. The maximum absolute atomic E-state index is 13.0. The average Bonchev–Trinajstić information content (AvgIpc) is 2.46. The summed E-state index contributed by atoms with van der Waals surface area (Å²) in [5.74, 6) is -0.473. The van der Waals surface area contributed by atoms with Gasteiger partial charge in [-0.25, -0.2) is 0 Å². The SMILES string of the molecule is CCN(CCCO)C(=O)c1ccc(NC)c(C(F)(F)F)c1. The molecule has 2 N–H and O–H groups in total. The molecular weight excluding hydrogens is 285 g/mol. The number of halogens is 3. The summed E-state index contributed by atoms with van der Waals surface area (Å²) in [5.41, 5.74) is -0.951. The Hall–Kier alpha value is -1.76. The van der Waals surface area contributed by atoms with Crippen LogP contribution >= 0.6 is 0 Å². The molecule has 0 saturated heterocycles. The van der Waals surface area contributed by atoms with Crippen molar-refractivity contribution in [3.63, 3.8) is 0 Å². The first-order valence-corrected chi connectivity index (χ1v) is 6.64. The Morgan fingerprint density at radius 2 is 2.05 bits per heavy atom. The quantitative estimate of drug-likeness (QED) is 0.849. The van der Waals surface area contributed by atoms with Crippen LogP contribution in [0.2, 0.25) is 0 Å². The molecular formula is C14H19F3N2O2. The number of amides is 1. The monoisotopic (exact) mass is 304 g/mol. The third kappa shape index (κ3) is 4.35. The number of aliphatic hydroxyl groups excluding tert-OH is 1. The first kappa shape index (κ1) is 17.3. The molecule has 0 aliphatic rings. The number of nitrogens with zero attached hydrogens (tertiary/aromatic N) is 1. The van der Waals surface area contributed by atoms with Gasteiger partial charge in [-0.3, -0.25) is 4.79 Å². The summed E-state index contributed by atoms with van der Waals surface area (Å²) in [6, 6.07) is 3.47. The highest BCUT2D eigenvalue weighted by Gasteiger charge is 2.34. The second kappa shape index (κ2) is 7.31. The molecule has 0 unspecified atom stereocenters. The Kier molecular flexibility index (Phi) is 6.02. The van der Waals surface area contributed by atoms with Crippen LogP contribution < -0.4 is 5.32 Å². The summed E-state index contributed by atoms with van der Waals surface area (Å²) in [5, 5.41) is 11.3. The second-order valence-electron chi connectivity index (χ2n) is 4.47. The van der Waals surface area contributed by atoms with Gasteiger partial charge >= 0.3 is 6.18 Å².